The molecule has 2 atom stereocenters. The minimum atomic E-state index is 0.0681. The lowest BCUT2D eigenvalue weighted by Gasteiger charge is -2.30. The molecule has 2 N–H and O–H groups in total. The number of piperidine rings is 1. The summed E-state index contributed by atoms with van der Waals surface area (Å²) in [7, 11) is 0. The van der Waals surface area contributed by atoms with E-state index in [4.69, 9.17) is 4.74 Å². The van der Waals surface area contributed by atoms with Gasteiger partial charge in [0.05, 0.1) is 12.6 Å². The number of hydrogen-bond acceptors (Lipinski definition) is 3. The fraction of sp³-hybridized carbons (Fsp3) is 0.923. The second-order valence-electron chi connectivity index (χ2n) is 5.26. The van der Waals surface area contributed by atoms with Crippen LogP contribution < -0.4 is 10.6 Å². The smallest absolute Gasteiger partial charge is 0.317 e. The van der Waals surface area contributed by atoms with Crippen LogP contribution in [-0.4, -0.2) is 56.4 Å². The van der Waals surface area contributed by atoms with Crippen molar-refractivity contribution in [2.24, 2.45) is 5.92 Å². The maximum atomic E-state index is 12.1. The van der Waals surface area contributed by atoms with E-state index in [1.807, 2.05) is 11.8 Å². The third-order valence-corrected chi connectivity index (χ3v) is 3.80. The number of carbonyl (C=O) groups is 1. The van der Waals surface area contributed by atoms with Gasteiger partial charge in [-0.25, -0.2) is 4.79 Å². The SMILES string of the molecule is CCN(CC1CCCNC1)C(=O)NC1CCOC1. The molecule has 0 bridgehead atoms. The lowest BCUT2D eigenvalue weighted by molar-refractivity contribution is 0.171. The number of nitrogens with zero attached hydrogens (tertiary/aromatic N) is 1. The highest BCUT2D eigenvalue weighted by atomic mass is 16.5. The van der Waals surface area contributed by atoms with Crippen molar-refractivity contribution in [3.05, 3.63) is 0 Å². The van der Waals surface area contributed by atoms with Gasteiger partial charge in [-0.05, 0) is 45.2 Å². The van der Waals surface area contributed by atoms with Crippen LogP contribution in [0, 0.1) is 5.92 Å². The molecule has 0 saturated carbocycles. The predicted molar refractivity (Wildman–Crippen MR) is 70.6 cm³/mol. The molecule has 2 fully saturated rings. The molecule has 0 radical (unpaired) electrons. The van der Waals surface area contributed by atoms with E-state index in [0.717, 1.165) is 39.2 Å². The Bertz CT molecular complexity index is 261. The van der Waals surface area contributed by atoms with Crippen molar-refractivity contribution in [3.63, 3.8) is 0 Å². The van der Waals surface area contributed by atoms with Crippen molar-refractivity contribution in [2.75, 3.05) is 39.4 Å². The van der Waals surface area contributed by atoms with Gasteiger partial charge in [0.1, 0.15) is 0 Å². The van der Waals surface area contributed by atoms with E-state index in [1.54, 1.807) is 0 Å². The van der Waals surface area contributed by atoms with Gasteiger partial charge in [0.25, 0.3) is 0 Å². The van der Waals surface area contributed by atoms with Crippen molar-refractivity contribution in [1.82, 2.24) is 15.5 Å². The number of nitrogens with one attached hydrogen (secondary N) is 2. The van der Waals surface area contributed by atoms with Crippen LogP contribution in [0.15, 0.2) is 0 Å². The largest absolute Gasteiger partial charge is 0.379 e. The highest BCUT2D eigenvalue weighted by molar-refractivity contribution is 5.74. The van der Waals surface area contributed by atoms with E-state index < -0.39 is 0 Å². The van der Waals surface area contributed by atoms with E-state index >= 15 is 0 Å². The molecule has 5 heteroatoms. The molecule has 0 aromatic carbocycles. The van der Waals surface area contributed by atoms with E-state index in [-0.39, 0.29) is 12.1 Å². The molecule has 0 spiro atoms. The minimum absolute atomic E-state index is 0.0681. The maximum Gasteiger partial charge on any atom is 0.317 e. The predicted octanol–water partition coefficient (Wildman–Crippen LogP) is 0.806. The third kappa shape index (κ3) is 3.85. The Kier molecular flexibility index (Phi) is 5.26. The van der Waals surface area contributed by atoms with Gasteiger partial charge in [-0.1, -0.05) is 0 Å². The van der Waals surface area contributed by atoms with Crippen molar-refractivity contribution in [3.8, 4) is 0 Å². The van der Waals surface area contributed by atoms with Crippen LogP contribution in [0.3, 0.4) is 0 Å². The first-order valence-corrected chi connectivity index (χ1v) is 7.13. The fourth-order valence-corrected chi connectivity index (χ4v) is 2.66. The van der Waals surface area contributed by atoms with E-state index in [9.17, 15) is 4.79 Å². The van der Waals surface area contributed by atoms with Gasteiger partial charge in [0.2, 0.25) is 0 Å². The quantitative estimate of drug-likeness (QED) is 0.781. The van der Waals surface area contributed by atoms with Crippen molar-refractivity contribution < 1.29 is 9.53 Å². The Morgan fingerprint density at radius 3 is 3.00 bits per heavy atom. The standard InChI is InChI=1S/C13H25N3O2/c1-2-16(9-11-4-3-6-14-8-11)13(17)15-12-5-7-18-10-12/h11-12,14H,2-10H2,1H3,(H,15,17). The van der Waals surface area contributed by atoms with Gasteiger partial charge in [-0.2, -0.15) is 0 Å². The third-order valence-electron chi connectivity index (χ3n) is 3.80. The second-order valence-corrected chi connectivity index (χ2v) is 5.26. The van der Waals surface area contributed by atoms with Crippen LogP contribution >= 0.6 is 0 Å². The molecule has 2 aliphatic heterocycles. The van der Waals surface area contributed by atoms with Crippen LogP contribution in [0.5, 0.6) is 0 Å². The molecular weight excluding hydrogens is 230 g/mol. The zero-order valence-electron chi connectivity index (χ0n) is 11.3. The van der Waals surface area contributed by atoms with Crippen LogP contribution in [0.4, 0.5) is 4.79 Å². The molecule has 0 aliphatic carbocycles. The summed E-state index contributed by atoms with van der Waals surface area (Å²) in [6, 6.07) is 0.273. The van der Waals surface area contributed by atoms with Gasteiger partial charge in [0.15, 0.2) is 0 Å². The Morgan fingerprint density at radius 1 is 1.50 bits per heavy atom. The molecule has 0 aromatic rings. The molecule has 5 nitrogen and oxygen atoms in total. The van der Waals surface area contributed by atoms with Crippen molar-refractivity contribution >= 4 is 6.03 Å². The average molecular weight is 255 g/mol. The Hall–Kier alpha value is -0.810. The molecule has 2 amide bonds. The zero-order valence-corrected chi connectivity index (χ0v) is 11.3. The van der Waals surface area contributed by atoms with Crippen molar-refractivity contribution in [2.45, 2.75) is 32.2 Å². The first kappa shape index (κ1) is 13.6. The van der Waals surface area contributed by atoms with Crippen LogP contribution in [0.2, 0.25) is 0 Å². The Balaban J connectivity index is 1.76. The van der Waals surface area contributed by atoms with E-state index in [1.165, 1.54) is 12.8 Å². The highest BCUT2D eigenvalue weighted by Crippen LogP contribution is 2.12. The first-order valence-electron chi connectivity index (χ1n) is 7.13. The number of hydrogen-bond donors (Lipinski definition) is 2. The molecule has 2 aliphatic rings. The Labute approximate surface area is 109 Å². The van der Waals surface area contributed by atoms with Crippen LogP contribution in [-0.2, 0) is 4.74 Å². The van der Waals surface area contributed by atoms with E-state index in [2.05, 4.69) is 10.6 Å². The summed E-state index contributed by atoms with van der Waals surface area (Å²) in [6.45, 7) is 7.27. The molecule has 2 heterocycles. The first-order chi connectivity index (χ1) is 8.79. The molecule has 0 aromatic heterocycles. The number of rotatable bonds is 4. The van der Waals surface area contributed by atoms with Gasteiger partial charge < -0.3 is 20.3 Å². The summed E-state index contributed by atoms with van der Waals surface area (Å²) in [5.41, 5.74) is 0. The number of amides is 2. The second kappa shape index (κ2) is 6.95. The molecule has 2 rings (SSSR count). The summed E-state index contributed by atoms with van der Waals surface area (Å²) < 4.78 is 5.28. The van der Waals surface area contributed by atoms with E-state index in [0.29, 0.717) is 12.5 Å². The van der Waals surface area contributed by atoms with Crippen molar-refractivity contribution in [1.29, 1.82) is 0 Å². The van der Waals surface area contributed by atoms with Crippen LogP contribution in [0.25, 0.3) is 0 Å². The zero-order chi connectivity index (χ0) is 12.8. The van der Waals surface area contributed by atoms with Gasteiger partial charge in [-0.3, -0.25) is 0 Å². The molecule has 2 unspecified atom stereocenters. The fourth-order valence-electron chi connectivity index (χ4n) is 2.66. The van der Waals surface area contributed by atoms with Gasteiger partial charge in [-0.15, -0.1) is 0 Å². The van der Waals surface area contributed by atoms with Crippen LogP contribution in [0.1, 0.15) is 26.2 Å². The number of carbonyl (C=O) groups excluding carboxylic acids is 1. The lowest BCUT2D eigenvalue weighted by Crippen LogP contribution is -2.48. The Morgan fingerprint density at radius 2 is 2.39 bits per heavy atom. The molecule has 2 saturated heterocycles. The summed E-state index contributed by atoms with van der Waals surface area (Å²) in [4.78, 5) is 14.1. The molecular formula is C13H25N3O2. The summed E-state index contributed by atoms with van der Waals surface area (Å²) in [5, 5.41) is 6.46. The van der Waals surface area contributed by atoms with Gasteiger partial charge in [0, 0.05) is 19.7 Å². The minimum Gasteiger partial charge on any atom is -0.379 e. The molecule has 104 valence electrons. The maximum absolute atomic E-state index is 12.1. The summed E-state index contributed by atoms with van der Waals surface area (Å²) in [5.74, 6) is 0.601. The highest BCUT2D eigenvalue weighted by Gasteiger charge is 2.23. The summed E-state index contributed by atoms with van der Waals surface area (Å²) >= 11 is 0. The summed E-state index contributed by atoms with van der Waals surface area (Å²) in [6.07, 6.45) is 3.39. The normalized spacial score (nSPS) is 28.1. The monoisotopic (exact) mass is 255 g/mol. The number of urea groups is 1. The number of ether oxygens (including phenoxy) is 1. The molecule has 18 heavy (non-hydrogen) atoms. The topological polar surface area (TPSA) is 53.6 Å². The average Bonchev–Trinajstić information content (AvgIpc) is 2.90. The van der Waals surface area contributed by atoms with Gasteiger partial charge >= 0.3 is 6.03 Å². The lowest BCUT2D eigenvalue weighted by atomic mass is 9.99.